The summed E-state index contributed by atoms with van der Waals surface area (Å²) in [5.41, 5.74) is 1.63. The van der Waals surface area contributed by atoms with Crippen LogP contribution >= 0.6 is 0 Å². The average molecular weight is 366 g/mol. The van der Waals surface area contributed by atoms with E-state index in [1.54, 1.807) is 0 Å². The van der Waals surface area contributed by atoms with Gasteiger partial charge in [0.25, 0.3) is 0 Å². The maximum atomic E-state index is 6.60. The molecule has 4 nitrogen and oxygen atoms in total. The second-order valence-corrected chi connectivity index (χ2v) is 7.97. The van der Waals surface area contributed by atoms with Gasteiger partial charge in [0.1, 0.15) is 0 Å². The second-order valence-electron chi connectivity index (χ2n) is 7.97. The summed E-state index contributed by atoms with van der Waals surface area (Å²) in [6, 6.07) is 20.4. The molecule has 0 aromatic heterocycles. The summed E-state index contributed by atoms with van der Waals surface area (Å²) in [5.74, 6) is -0.481. The quantitative estimate of drug-likeness (QED) is 0.707. The lowest BCUT2D eigenvalue weighted by Gasteiger charge is -2.50. The highest BCUT2D eigenvalue weighted by Crippen LogP contribution is 2.55. The van der Waals surface area contributed by atoms with Gasteiger partial charge >= 0.3 is 0 Å². The van der Waals surface area contributed by atoms with Crippen LogP contribution in [0, 0.1) is 5.92 Å². The number of hydrogen-bond donors (Lipinski definition) is 0. The van der Waals surface area contributed by atoms with E-state index < -0.39 is 17.7 Å². The number of rotatable bonds is 4. The molecule has 0 radical (unpaired) electrons. The Hall–Kier alpha value is -1.72. The van der Waals surface area contributed by atoms with E-state index in [1.165, 1.54) is 6.42 Å². The summed E-state index contributed by atoms with van der Waals surface area (Å²) in [4.78, 5) is 12.2. The molecule has 4 atom stereocenters. The average Bonchev–Trinajstić information content (AvgIpc) is 3.00. The molecule has 2 aromatic carbocycles. The summed E-state index contributed by atoms with van der Waals surface area (Å²) in [6.45, 7) is 0.508. The normalized spacial score (nSPS) is 35.4. The Morgan fingerprint density at radius 2 is 1.63 bits per heavy atom. The van der Waals surface area contributed by atoms with Crippen LogP contribution in [-0.4, -0.2) is 11.9 Å². The lowest BCUT2D eigenvalue weighted by atomic mass is 9.73. The van der Waals surface area contributed by atoms with Gasteiger partial charge in [-0.3, -0.25) is 0 Å². The van der Waals surface area contributed by atoms with Crippen LogP contribution in [0.2, 0.25) is 0 Å². The highest BCUT2D eigenvalue weighted by molar-refractivity contribution is 5.22. The van der Waals surface area contributed by atoms with Crippen molar-refractivity contribution in [3.05, 3.63) is 71.8 Å². The second kappa shape index (κ2) is 7.02. The van der Waals surface area contributed by atoms with Gasteiger partial charge < -0.3 is 9.47 Å². The van der Waals surface area contributed by atoms with E-state index in [1.807, 2.05) is 48.5 Å². The van der Waals surface area contributed by atoms with Gasteiger partial charge in [-0.1, -0.05) is 73.5 Å². The Morgan fingerprint density at radius 3 is 2.44 bits per heavy atom. The van der Waals surface area contributed by atoms with Crippen molar-refractivity contribution in [3.63, 3.8) is 0 Å². The molecule has 0 amide bonds. The van der Waals surface area contributed by atoms with Gasteiger partial charge in [0.2, 0.25) is 5.79 Å². The van der Waals surface area contributed by atoms with Crippen LogP contribution in [0.1, 0.15) is 49.7 Å². The maximum Gasteiger partial charge on any atom is 0.230 e. The van der Waals surface area contributed by atoms with Gasteiger partial charge in [-0.2, -0.15) is 4.89 Å². The van der Waals surface area contributed by atoms with Crippen LogP contribution in [0.3, 0.4) is 0 Å². The SMILES string of the molecule is c1ccc(CO[C@@H]2O[C@@]3(c4ccccc4)CC[C@H]4CCCC[C@]42OO3)cc1. The van der Waals surface area contributed by atoms with E-state index in [9.17, 15) is 0 Å². The Kier molecular flexibility index (Phi) is 4.52. The molecule has 6 rings (SSSR count). The van der Waals surface area contributed by atoms with Crippen molar-refractivity contribution < 1.29 is 19.2 Å². The Balaban J connectivity index is 1.47. The van der Waals surface area contributed by atoms with Crippen molar-refractivity contribution in [2.75, 3.05) is 0 Å². The lowest BCUT2D eigenvalue weighted by molar-refractivity contribution is -0.561. The predicted octanol–water partition coefficient (Wildman–Crippen LogP) is 5.08. The topological polar surface area (TPSA) is 36.9 Å². The number of benzene rings is 2. The van der Waals surface area contributed by atoms with Crippen LogP contribution in [-0.2, 0) is 31.6 Å². The molecule has 3 aliphatic heterocycles. The highest BCUT2D eigenvalue weighted by Gasteiger charge is 2.62. The van der Waals surface area contributed by atoms with Gasteiger partial charge in [0.05, 0.1) is 6.61 Å². The summed E-state index contributed by atoms with van der Waals surface area (Å²) >= 11 is 0. The zero-order chi connectivity index (χ0) is 18.2. The molecule has 27 heavy (non-hydrogen) atoms. The molecule has 1 spiro atoms. The third-order valence-electron chi connectivity index (χ3n) is 6.37. The number of hydrogen-bond acceptors (Lipinski definition) is 4. The van der Waals surface area contributed by atoms with E-state index in [2.05, 4.69) is 12.1 Å². The molecule has 1 aliphatic carbocycles. The molecule has 1 saturated carbocycles. The zero-order valence-corrected chi connectivity index (χ0v) is 15.5. The maximum absolute atomic E-state index is 6.60. The molecule has 0 N–H and O–H groups in total. The fourth-order valence-corrected chi connectivity index (χ4v) is 4.86. The highest BCUT2D eigenvalue weighted by atomic mass is 17.3. The van der Waals surface area contributed by atoms with Crippen LogP contribution in [0.25, 0.3) is 0 Å². The summed E-state index contributed by atoms with van der Waals surface area (Å²) < 4.78 is 13.0. The number of ether oxygens (including phenoxy) is 2. The van der Waals surface area contributed by atoms with Crippen LogP contribution < -0.4 is 0 Å². The minimum atomic E-state index is -0.884. The third-order valence-corrected chi connectivity index (χ3v) is 6.37. The van der Waals surface area contributed by atoms with Crippen molar-refractivity contribution in [2.45, 2.75) is 62.8 Å². The van der Waals surface area contributed by atoms with Crippen LogP contribution in [0.15, 0.2) is 60.7 Å². The summed E-state index contributed by atoms with van der Waals surface area (Å²) in [5, 5.41) is 0. The smallest absolute Gasteiger partial charge is 0.230 e. The van der Waals surface area contributed by atoms with Crippen LogP contribution in [0.5, 0.6) is 0 Å². The van der Waals surface area contributed by atoms with Gasteiger partial charge in [-0.05, 0) is 30.7 Å². The number of fused-ring (bicyclic) bond motifs is 3. The van der Waals surface area contributed by atoms with Crippen molar-refractivity contribution in [1.82, 2.24) is 0 Å². The Labute approximate surface area is 160 Å². The molecule has 3 heterocycles. The van der Waals surface area contributed by atoms with E-state index in [-0.39, 0.29) is 0 Å². The summed E-state index contributed by atoms with van der Waals surface area (Å²) in [7, 11) is 0. The first-order chi connectivity index (χ1) is 13.3. The molecular formula is C23H26O4. The Morgan fingerprint density at radius 1 is 0.852 bits per heavy atom. The molecule has 2 bridgehead atoms. The van der Waals surface area contributed by atoms with Gasteiger partial charge in [-0.15, -0.1) is 0 Å². The fraction of sp³-hybridized carbons (Fsp3) is 0.478. The molecule has 4 fully saturated rings. The first-order valence-electron chi connectivity index (χ1n) is 10.1. The van der Waals surface area contributed by atoms with Crippen molar-refractivity contribution >= 4 is 0 Å². The van der Waals surface area contributed by atoms with Crippen LogP contribution in [0.4, 0.5) is 0 Å². The van der Waals surface area contributed by atoms with E-state index in [4.69, 9.17) is 19.2 Å². The van der Waals surface area contributed by atoms with Crippen molar-refractivity contribution in [2.24, 2.45) is 5.92 Å². The van der Waals surface area contributed by atoms with Gasteiger partial charge in [-0.25, -0.2) is 4.89 Å². The van der Waals surface area contributed by atoms with E-state index in [0.29, 0.717) is 12.5 Å². The third kappa shape index (κ3) is 3.01. The summed E-state index contributed by atoms with van der Waals surface area (Å²) in [6.07, 6.45) is 5.80. The largest absolute Gasteiger partial charge is 0.345 e. The standard InChI is InChI=1S/C23H26O4/c1-3-9-18(10-4-1)17-24-21-22-15-8-7-11-19(22)14-16-23(25-21,27-26-22)20-12-5-2-6-13-20/h1-6,9-10,12-13,19,21H,7-8,11,14-17H2/t19-,21-,22+,23+/m1/s1. The van der Waals surface area contributed by atoms with Gasteiger partial charge in [0, 0.05) is 12.0 Å². The van der Waals surface area contributed by atoms with Gasteiger partial charge in [0.15, 0.2) is 11.9 Å². The van der Waals surface area contributed by atoms with Crippen molar-refractivity contribution in [1.29, 1.82) is 0 Å². The Bertz CT molecular complexity index is 760. The molecule has 4 aliphatic rings. The van der Waals surface area contributed by atoms with Crippen molar-refractivity contribution in [3.8, 4) is 0 Å². The fourth-order valence-electron chi connectivity index (χ4n) is 4.86. The first kappa shape index (κ1) is 17.4. The monoisotopic (exact) mass is 366 g/mol. The lowest BCUT2D eigenvalue weighted by Crippen LogP contribution is -2.59. The molecule has 4 heteroatoms. The molecule has 3 saturated heterocycles. The van der Waals surface area contributed by atoms with E-state index in [0.717, 1.165) is 43.2 Å². The first-order valence-corrected chi connectivity index (χ1v) is 10.1. The molecule has 0 unspecified atom stereocenters. The molecule has 2 aromatic rings. The minimum Gasteiger partial charge on any atom is -0.345 e. The van der Waals surface area contributed by atoms with E-state index >= 15 is 0 Å². The predicted molar refractivity (Wildman–Crippen MR) is 100 cm³/mol. The zero-order valence-electron chi connectivity index (χ0n) is 15.5. The molecular weight excluding hydrogens is 340 g/mol. The molecule has 142 valence electrons. The minimum absolute atomic E-state index is 0.403.